The number of aldehydes is 1. The second-order valence-corrected chi connectivity index (χ2v) is 4.58. The van der Waals surface area contributed by atoms with E-state index in [4.69, 9.17) is 4.74 Å². The molecule has 0 spiro atoms. The summed E-state index contributed by atoms with van der Waals surface area (Å²) in [6.07, 6.45) is 2.64. The molecule has 0 bridgehead atoms. The molecule has 2 heteroatoms. The predicted octanol–water partition coefficient (Wildman–Crippen LogP) is 3.78. The monoisotopic (exact) mass is 244 g/mol. The average molecular weight is 244 g/mol. The highest BCUT2D eigenvalue weighted by Crippen LogP contribution is 2.33. The molecule has 0 N–H and O–H groups in total. The predicted molar refractivity (Wildman–Crippen MR) is 76.1 cm³/mol. The fraction of sp³-hybridized carbons (Fsp3) is 0.312. The molecule has 1 aromatic carbocycles. The molecule has 0 saturated carbocycles. The smallest absolute Gasteiger partial charge is 0.145 e. The SMILES string of the molecule is C=C(/C=C(\C)C=O)c1c(C)cc(C)c(OC)c1C. The summed E-state index contributed by atoms with van der Waals surface area (Å²) in [5.41, 5.74) is 5.88. The third kappa shape index (κ3) is 2.70. The summed E-state index contributed by atoms with van der Waals surface area (Å²) in [7, 11) is 1.67. The largest absolute Gasteiger partial charge is 0.496 e. The molecule has 2 nitrogen and oxygen atoms in total. The van der Waals surface area contributed by atoms with Crippen molar-refractivity contribution in [1.82, 2.24) is 0 Å². The highest BCUT2D eigenvalue weighted by Gasteiger charge is 2.12. The molecule has 0 atom stereocenters. The topological polar surface area (TPSA) is 26.3 Å². The molecule has 0 amide bonds. The van der Waals surface area contributed by atoms with Gasteiger partial charge in [-0.1, -0.05) is 12.6 Å². The molecule has 0 fully saturated rings. The second-order valence-electron chi connectivity index (χ2n) is 4.58. The van der Waals surface area contributed by atoms with Crippen LogP contribution >= 0.6 is 0 Å². The zero-order valence-corrected chi connectivity index (χ0v) is 11.8. The van der Waals surface area contributed by atoms with Crippen LogP contribution < -0.4 is 4.74 Å². The third-order valence-electron chi connectivity index (χ3n) is 3.01. The summed E-state index contributed by atoms with van der Waals surface area (Å²) >= 11 is 0. The maximum Gasteiger partial charge on any atom is 0.145 e. The maximum absolute atomic E-state index is 10.7. The minimum Gasteiger partial charge on any atom is -0.496 e. The summed E-state index contributed by atoms with van der Waals surface area (Å²) in [5, 5.41) is 0. The molecule has 0 aliphatic carbocycles. The van der Waals surface area contributed by atoms with Gasteiger partial charge in [-0.25, -0.2) is 0 Å². The van der Waals surface area contributed by atoms with Crippen molar-refractivity contribution in [2.24, 2.45) is 0 Å². The first-order chi connectivity index (χ1) is 8.42. The van der Waals surface area contributed by atoms with Gasteiger partial charge in [-0.05, 0) is 67.2 Å². The van der Waals surface area contributed by atoms with Gasteiger partial charge in [0.15, 0.2) is 0 Å². The number of carbonyl (C=O) groups excluding carboxylic acids is 1. The number of ether oxygens (including phenoxy) is 1. The van der Waals surface area contributed by atoms with Crippen LogP contribution in [0.15, 0.2) is 24.3 Å². The van der Waals surface area contributed by atoms with E-state index in [9.17, 15) is 4.79 Å². The first-order valence-corrected chi connectivity index (χ1v) is 5.90. The van der Waals surface area contributed by atoms with Gasteiger partial charge in [0.25, 0.3) is 0 Å². The minimum absolute atomic E-state index is 0.665. The third-order valence-corrected chi connectivity index (χ3v) is 3.01. The zero-order valence-electron chi connectivity index (χ0n) is 11.8. The number of aryl methyl sites for hydroxylation is 2. The lowest BCUT2D eigenvalue weighted by Gasteiger charge is -2.16. The van der Waals surface area contributed by atoms with E-state index in [1.54, 1.807) is 20.1 Å². The van der Waals surface area contributed by atoms with Gasteiger partial charge >= 0.3 is 0 Å². The highest BCUT2D eigenvalue weighted by atomic mass is 16.5. The Hall–Kier alpha value is -1.83. The standard InChI is InChI=1S/C16H20O2/c1-10(9-17)7-11(2)15-12(3)8-13(4)16(18-6)14(15)5/h7-9H,2H2,1,3-6H3/b10-7+. The summed E-state index contributed by atoms with van der Waals surface area (Å²) in [4.78, 5) is 10.7. The molecule has 1 aromatic rings. The lowest BCUT2D eigenvalue weighted by Crippen LogP contribution is -1.98. The number of hydrogen-bond donors (Lipinski definition) is 0. The Morgan fingerprint density at radius 2 is 1.89 bits per heavy atom. The van der Waals surface area contributed by atoms with Crippen molar-refractivity contribution in [1.29, 1.82) is 0 Å². The van der Waals surface area contributed by atoms with Gasteiger partial charge in [-0.15, -0.1) is 0 Å². The van der Waals surface area contributed by atoms with Crippen molar-refractivity contribution in [3.63, 3.8) is 0 Å². The van der Waals surface area contributed by atoms with E-state index >= 15 is 0 Å². The number of carbonyl (C=O) groups is 1. The zero-order chi connectivity index (χ0) is 13.9. The summed E-state index contributed by atoms with van der Waals surface area (Å²) in [6.45, 7) is 11.9. The molecular weight excluding hydrogens is 224 g/mol. The molecule has 0 aliphatic rings. The van der Waals surface area contributed by atoms with Crippen LogP contribution in [-0.2, 0) is 4.79 Å². The van der Waals surface area contributed by atoms with Gasteiger partial charge in [0.1, 0.15) is 12.0 Å². The van der Waals surface area contributed by atoms with Crippen LogP contribution in [0.2, 0.25) is 0 Å². The van der Waals surface area contributed by atoms with E-state index in [1.807, 2.05) is 20.8 Å². The van der Waals surface area contributed by atoms with Crippen LogP contribution in [0.4, 0.5) is 0 Å². The molecule has 1 rings (SSSR count). The van der Waals surface area contributed by atoms with Crippen molar-refractivity contribution >= 4 is 11.9 Å². The van der Waals surface area contributed by atoms with Crippen molar-refractivity contribution in [3.05, 3.63) is 46.5 Å². The lowest BCUT2D eigenvalue weighted by molar-refractivity contribution is -0.104. The first kappa shape index (κ1) is 14.2. The number of hydrogen-bond acceptors (Lipinski definition) is 2. The Balaban J connectivity index is 3.42. The second kappa shape index (κ2) is 5.67. The first-order valence-electron chi connectivity index (χ1n) is 5.90. The van der Waals surface area contributed by atoms with Gasteiger partial charge in [0.2, 0.25) is 0 Å². The molecule has 0 heterocycles. The minimum atomic E-state index is 0.665. The van der Waals surface area contributed by atoms with E-state index in [0.717, 1.165) is 39.9 Å². The van der Waals surface area contributed by atoms with Gasteiger partial charge in [-0.3, -0.25) is 4.79 Å². The number of allylic oxidation sites excluding steroid dienone is 3. The van der Waals surface area contributed by atoms with E-state index in [2.05, 4.69) is 12.6 Å². The van der Waals surface area contributed by atoms with Crippen LogP contribution in [0.5, 0.6) is 5.75 Å². The van der Waals surface area contributed by atoms with Gasteiger partial charge in [0, 0.05) is 0 Å². The maximum atomic E-state index is 10.7. The highest BCUT2D eigenvalue weighted by molar-refractivity contribution is 5.84. The Bertz CT molecular complexity index is 522. The van der Waals surface area contributed by atoms with Crippen molar-refractivity contribution in [2.75, 3.05) is 7.11 Å². The molecule has 96 valence electrons. The molecule has 0 radical (unpaired) electrons. The van der Waals surface area contributed by atoms with Crippen LogP contribution in [-0.4, -0.2) is 13.4 Å². The van der Waals surface area contributed by atoms with Gasteiger partial charge in [0.05, 0.1) is 7.11 Å². The summed E-state index contributed by atoms with van der Waals surface area (Å²) in [5.74, 6) is 0.883. The van der Waals surface area contributed by atoms with E-state index in [1.165, 1.54) is 0 Å². The molecule has 0 unspecified atom stereocenters. The Morgan fingerprint density at radius 3 is 2.39 bits per heavy atom. The summed E-state index contributed by atoms with van der Waals surface area (Å²) < 4.78 is 5.42. The summed E-state index contributed by atoms with van der Waals surface area (Å²) in [6, 6.07) is 2.08. The normalized spacial score (nSPS) is 11.3. The quantitative estimate of drug-likeness (QED) is 0.458. The molecule has 0 aliphatic heterocycles. The molecule has 18 heavy (non-hydrogen) atoms. The fourth-order valence-electron chi connectivity index (χ4n) is 2.36. The van der Waals surface area contributed by atoms with Crippen LogP contribution in [0.25, 0.3) is 5.57 Å². The van der Waals surface area contributed by atoms with Gasteiger partial charge in [-0.2, -0.15) is 0 Å². The van der Waals surface area contributed by atoms with Gasteiger partial charge < -0.3 is 4.74 Å². The fourth-order valence-corrected chi connectivity index (χ4v) is 2.36. The van der Waals surface area contributed by atoms with E-state index in [-0.39, 0.29) is 0 Å². The number of benzene rings is 1. The van der Waals surface area contributed by atoms with Crippen molar-refractivity contribution in [2.45, 2.75) is 27.7 Å². The van der Waals surface area contributed by atoms with Crippen LogP contribution in [0.1, 0.15) is 29.2 Å². The van der Waals surface area contributed by atoms with E-state index in [0.29, 0.717) is 5.57 Å². The Kier molecular flexibility index (Phi) is 4.49. The molecular formula is C16H20O2. The lowest BCUT2D eigenvalue weighted by atomic mass is 9.92. The van der Waals surface area contributed by atoms with E-state index < -0.39 is 0 Å². The van der Waals surface area contributed by atoms with Crippen molar-refractivity contribution < 1.29 is 9.53 Å². The van der Waals surface area contributed by atoms with Crippen LogP contribution in [0, 0.1) is 20.8 Å². The molecule has 0 aromatic heterocycles. The van der Waals surface area contributed by atoms with Crippen LogP contribution in [0.3, 0.4) is 0 Å². The number of methoxy groups -OCH3 is 1. The average Bonchev–Trinajstić information content (AvgIpc) is 2.28. The Labute approximate surface area is 109 Å². The number of rotatable bonds is 4. The Morgan fingerprint density at radius 1 is 1.28 bits per heavy atom. The molecule has 0 saturated heterocycles. The van der Waals surface area contributed by atoms with Crippen molar-refractivity contribution in [3.8, 4) is 5.75 Å².